The van der Waals surface area contributed by atoms with Crippen molar-refractivity contribution in [2.45, 2.75) is 44.1 Å². The molecule has 0 aromatic heterocycles. The van der Waals surface area contributed by atoms with Crippen LogP contribution < -0.4 is 0 Å². The Labute approximate surface area is 128 Å². The second-order valence-corrected chi connectivity index (χ2v) is 6.98. The highest BCUT2D eigenvalue weighted by molar-refractivity contribution is 7.86. The highest BCUT2D eigenvalue weighted by Gasteiger charge is 2.50. The molecule has 1 rings (SSSR count). The van der Waals surface area contributed by atoms with Crippen LogP contribution in [0.25, 0.3) is 0 Å². The van der Waals surface area contributed by atoms with Crippen molar-refractivity contribution in [3.63, 3.8) is 0 Å². The number of alkyl halides is 2. The van der Waals surface area contributed by atoms with Crippen LogP contribution in [0.3, 0.4) is 0 Å². The fraction of sp³-hybridized carbons (Fsp3) is 0.500. The molecule has 0 bridgehead atoms. The Hall–Kier alpha value is -1.54. The minimum Gasteiger partial charge on any atom is -0.477 e. The summed E-state index contributed by atoms with van der Waals surface area (Å²) in [4.78, 5) is 10.4. The summed E-state index contributed by atoms with van der Waals surface area (Å²) in [6.45, 7) is 4.86. The van der Waals surface area contributed by atoms with Crippen LogP contribution in [-0.4, -0.2) is 31.5 Å². The third-order valence-electron chi connectivity index (χ3n) is 2.93. The Bertz CT molecular complexity index is 623. The first-order valence-corrected chi connectivity index (χ1v) is 7.99. The molecule has 0 radical (unpaired) electrons. The number of hydrogen-bond acceptors (Lipinski definition) is 4. The van der Waals surface area contributed by atoms with Gasteiger partial charge in [0.15, 0.2) is 6.10 Å². The maximum absolute atomic E-state index is 13.7. The number of aryl methyl sites for hydroxylation is 1. The summed E-state index contributed by atoms with van der Waals surface area (Å²) in [5, 5.41) is 8.60. The summed E-state index contributed by atoms with van der Waals surface area (Å²) < 4.78 is 56.0. The minimum atomic E-state index is -4.48. The Kier molecular flexibility index (Phi) is 5.64. The van der Waals surface area contributed by atoms with E-state index in [2.05, 4.69) is 4.18 Å². The SMILES string of the molecule is Cc1ccc(S(=O)(=O)OC(CC(C)C)C(F)(F)C(=O)O)cc1. The van der Waals surface area contributed by atoms with Crippen LogP contribution in [-0.2, 0) is 19.1 Å². The van der Waals surface area contributed by atoms with Crippen LogP contribution >= 0.6 is 0 Å². The molecule has 5 nitrogen and oxygen atoms in total. The summed E-state index contributed by atoms with van der Waals surface area (Å²) in [6.07, 6.45) is -2.68. The molecule has 1 aromatic carbocycles. The molecule has 1 N–H and O–H groups in total. The molecule has 0 aliphatic carbocycles. The van der Waals surface area contributed by atoms with E-state index in [-0.39, 0.29) is 10.8 Å². The van der Waals surface area contributed by atoms with Crippen molar-refractivity contribution in [3.05, 3.63) is 29.8 Å². The second-order valence-electron chi connectivity index (χ2n) is 5.41. The summed E-state index contributed by atoms with van der Waals surface area (Å²) in [5.41, 5.74) is 0.786. The van der Waals surface area contributed by atoms with Crippen molar-refractivity contribution in [2.75, 3.05) is 0 Å². The fourth-order valence-corrected chi connectivity index (χ4v) is 2.81. The van der Waals surface area contributed by atoms with Gasteiger partial charge >= 0.3 is 11.9 Å². The van der Waals surface area contributed by atoms with Gasteiger partial charge in [-0.05, 0) is 31.4 Å². The first-order chi connectivity index (χ1) is 9.96. The number of carboxylic acid groups (broad SMARTS) is 1. The van der Waals surface area contributed by atoms with Gasteiger partial charge in [-0.3, -0.25) is 4.18 Å². The van der Waals surface area contributed by atoms with Crippen molar-refractivity contribution in [1.82, 2.24) is 0 Å². The summed E-state index contributed by atoms with van der Waals surface area (Å²) in [7, 11) is -4.48. The van der Waals surface area contributed by atoms with E-state index in [4.69, 9.17) is 5.11 Å². The highest BCUT2D eigenvalue weighted by Crippen LogP contribution is 2.30. The Morgan fingerprint density at radius 2 is 1.77 bits per heavy atom. The Morgan fingerprint density at radius 1 is 1.27 bits per heavy atom. The topological polar surface area (TPSA) is 80.7 Å². The average molecular weight is 336 g/mol. The maximum Gasteiger partial charge on any atom is 0.377 e. The largest absolute Gasteiger partial charge is 0.477 e. The van der Waals surface area contributed by atoms with Gasteiger partial charge in [0.25, 0.3) is 10.1 Å². The van der Waals surface area contributed by atoms with Gasteiger partial charge in [0, 0.05) is 0 Å². The average Bonchev–Trinajstić information content (AvgIpc) is 2.37. The molecule has 0 saturated heterocycles. The molecule has 0 aliphatic rings. The number of rotatable bonds is 7. The monoisotopic (exact) mass is 336 g/mol. The molecule has 0 fully saturated rings. The van der Waals surface area contributed by atoms with Crippen LogP contribution in [0.15, 0.2) is 29.2 Å². The van der Waals surface area contributed by atoms with E-state index in [1.807, 2.05) is 0 Å². The molecule has 124 valence electrons. The molecule has 22 heavy (non-hydrogen) atoms. The molecule has 0 heterocycles. The van der Waals surface area contributed by atoms with Crippen molar-refractivity contribution < 1.29 is 31.3 Å². The zero-order chi connectivity index (χ0) is 17.1. The smallest absolute Gasteiger partial charge is 0.377 e. The lowest BCUT2D eigenvalue weighted by molar-refractivity contribution is -0.179. The second kappa shape index (κ2) is 6.70. The lowest BCUT2D eigenvalue weighted by Gasteiger charge is -2.24. The van der Waals surface area contributed by atoms with Gasteiger partial charge < -0.3 is 5.11 Å². The molecule has 0 amide bonds. The number of halogens is 2. The van der Waals surface area contributed by atoms with Crippen molar-refractivity contribution in [2.24, 2.45) is 5.92 Å². The predicted molar refractivity (Wildman–Crippen MR) is 75.3 cm³/mol. The summed E-state index contributed by atoms with van der Waals surface area (Å²) >= 11 is 0. The van der Waals surface area contributed by atoms with Crippen molar-refractivity contribution in [3.8, 4) is 0 Å². The van der Waals surface area contributed by atoms with E-state index in [9.17, 15) is 22.0 Å². The zero-order valence-corrected chi connectivity index (χ0v) is 13.2. The number of aliphatic carboxylic acids is 1. The molecule has 1 atom stereocenters. The van der Waals surface area contributed by atoms with Gasteiger partial charge in [-0.1, -0.05) is 31.5 Å². The number of carboxylic acids is 1. The maximum atomic E-state index is 13.7. The van der Waals surface area contributed by atoms with Crippen molar-refractivity contribution >= 4 is 16.1 Å². The first kappa shape index (κ1) is 18.5. The van der Waals surface area contributed by atoms with E-state index < -0.39 is 34.5 Å². The van der Waals surface area contributed by atoms with Crippen molar-refractivity contribution in [1.29, 1.82) is 0 Å². The predicted octanol–water partition coefficient (Wildman–Crippen LogP) is 2.83. The lowest BCUT2D eigenvalue weighted by atomic mass is 10.0. The fourth-order valence-electron chi connectivity index (χ4n) is 1.73. The van der Waals surface area contributed by atoms with Gasteiger partial charge in [-0.15, -0.1) is 0 Å². The normalized spacial score (nSPS) is 14.1. The number of benzene rings is 1. The first-order valence-electron chi connectivity index (χ1n) is 6.58. The van der Waals surface area contributed by atoms with Crippen LogP contribution in [0.1, 0.15) is 25.8 Å². The van der Waals surface area contributed by atoms with Gasteiger partial charge in [0.05, 0.1) is 4.90 Å². The van der Waals surface area contributed by atoms with Crippen LogP contribution in [0.5, 0.6) is 0 Å². The van der Waals surface area contributed by atoms with Gasteiger partial charge in [0.1, 0.15) is 0 Å². The van der Waals surface area contributed by atoms with E-state index in [1.165, 1.54) is 24.3 Å². The van der Waals surface area contributed by atoms with Crippen LogP contribution in [0.4, 0.5) is 8.78 Å². The third kappa shape index (κ3) is 4.48. The van der Waals surface area contributed by atoms with E-state index in [0.29, 0.717) is 0 Å². The van der Waals surface area contributed by atoms with Gasteiger partial charge in [-0.25, -0.2) is 4.79 Å². The van der Waals surface area contributed by atoms with E-state index in [0.717, 1.165) is 5.56 Å². The molecule has 0 aliphatic heterocycles. The number of carbonyl (C=O) groups is 1. The molecular weight excluding hydrogens is 318 g/mol. The molecule has 0 saturated carbocycles. The van der Waals surface area contributed by atoms with E-state index in [1.54, 1.807) is 20.8 Å². The van der Waals surface area contributed by atoms with E-state index >= 15 is 0 Å². The Morgan fingerprint density at radius 3 is 2.18 bits per heavy atom. The van der Waals surface area contributed by atoms with Gasteiger partial charge in [-0.2, -0.15) is 17.2 Å². The quantitative estimate of drug-likeness (QED) is 0.775. The molecule has 0 spiro atoms. The standard InChI is InChI=1S/C14H18F2O5S/c1-9(2)8-12(14(15,16)13(17)18)21-22(19,20)11-6-4-10(3)5-7-11/h4-7,9,12H,8H2,1-3H3,(H,17,18). The molecule has 8 heteroatoms. The van der Waals surface area contributed by atoms with Crippen LogP contribution in [0, 0.1) is 12.8 Å². The summed E-state index contributed by atoms with van der Waals surface area (Å²) in [6, 6.07) is 5.41. The lowest BCUT2D eigenvalue weighted by Crippen LogP contribution is -2.44. The molecule has 1 unspecified atom stereocenters. The molecule has 1 aromatic rings. The van der Waals surface area contributed by atoms with Crippen LogP contribution in [0.2, 0.25) is 0 Å². The van der Waals surface area contributed by atoms with Gasteiger partial charge in [0.2, 0.25) is 0 Å². The Balaban J connectivity index is 3.12. The number of hydrogen-bond donors (Lipinski definition) is 1. The highest BCUT2D eigenvalue weighted by atomic mass is 32.2. The zero-order valence-electron chi connectivity index (χ0n) is 12.4. The minimum absolute atomic E-state index is 0.298. The molecular formula is C14H18F2O5S. The summed E-state index contributed by atoms with van der Waals surface area (Å²) in [5.74, 6) is -7.09. The third-order valence-corrected chi connectivity index (χ3v) is 4.26.